The summed E-state index contributed by atoms with van der Waals surface area (Å²) in [6.45, 7) is 0. The van der Waals surface area contributed by atoms with E-state index in [9.17, 15) is 0 Å². The zero-order valence-corrected chi connectivity index (χ0v) is 33.7. The quantitative estimate of drug-likeness (QED) is 0.167. The molecule has 1 spiro atoms. The van der Waals surface area contributed by atoms with Crippen LogP contribution in [0.3, 0.4) is 0 Å². The molecule has 2 aliphatic rings. The van der Waals surface area contributed by atoms with E-state index >= 15 is 0 Å². The minimum atomic E-state index is -0.625. The van der Waals surface area contributed by atoms with Crippen LogP contribution in [0.1, 0.15) is 22.3 Å². The van der Waals surface area contributed by atoms with Gasteiger partial charge in [0.2, 0.25) is 0 Å². The number of benzene rings is 10. The number of fused-ring (bicyclic) bond motifs is 13. The number of hydrogen-bond acceptors (Lipinski definition) is 3. The Balaban J connectivity index is 1.10. The summed E-state index contributed by atoms with van der Waals surface area (Å²) in [6, 6.07) is 83.8. The van der Waals surface area contributed by atoms with Crippen LogP contribution in [-0.4, -0.2) is 0 Å². The fourth-order valence-corrected chi connectivity index (χ4v) is 10.7. The maximum absolute atomic E-state index is 7.17. The van der Waals surface area contributed by atoms with Gasteiger partial charge in [0.25, 0.3) is 0 Å². The Morgan fingerprint density at radius 3 is 1.48 bits per heavy atom. The fraction of sp³-hybridized carbons (Fsp3) is 0.0169. The molecule has 3 nitrogen and oxygen atoms in total. The number of rotatable bonds is 6. The lowest BCUT2D eigenvalue weighted by atomic mass is 9.61. The van der Waals surface area contributed by atoms with Gasteiger partial charge >= 0.3 is 0 Å². The molecular formula is C59H38N2O. The summed E-state index contributed by atoms with van der Waals surface area (Å²) in [5, 5.41) is 4.69. The summed E-state index contributed by atoms with van der Waals surface area (Å²) in [5.74, 6) is 0. The van der Waals surface area contributed by atoms with Crippen LogP contribution in [0.25, 0.3) is 55.0 Å². The Kier molecular flexibility index (Phi) is 7.52. The first kappa shape index (κ1) is 34.7. The van der Waals surface area contributed by atoms with Crippen LogP contribution >= 0.6 is 0 Å². The Hall–Kier alpha value is -8.14. The first-order chi connectivity index (χ1) is 30.8. The molecule has 1 atom stereocenters. The Labute approximate surface area is 360 Å². The molecule has 0 N–H and O–H groups in total. The molecular weight excluding hydrogens is 753 g/mol. The number of anilines is 6. The van der Waals surface area contributed by atoms with Crippen molar-refractivity contribution in [2.75, 3.05) is 9.80 Å². The molecule has 0 fully saturated rings. The molecule has 0 amide bonds. The van der Waals surface area contributed by atoms with Crippen molar-refractivity contribution in [3.8, 4) is 22.3 Å². The van der Waals surface area contributed by atoms with E-state index in [1.807, 2.05) is 0 Å². The van der Waals surface area contributed by atoms with E-state index in [4.69, 9.17) is 4.42 Å². The molecule has 1 aromatic heterocycles. The summed E-state index contributed by atoms with van der Waals surface area (Å²) < 4.78 is 7.17. The summed E-state index contributed by atoms with van der Waals surface area (Å²) in [4.78, 5) is 4.70. The maximum Gasteiger partial charge on any atom is 0.143 e. The van der Waals surface area contributed by atoms with Crippen molar-refractivity contribution in [1.82, 2.24) is 0 Å². The second-order valence-electron chi connectivity index (χ2n) is 16.4. The lowest BCUT2D eigenvalue weighted by Gasteiger charge is -2.40. The average molecular weight is 791 g/mol. The van der Waals surface area contributed by atoms with Gasteiger partial charge in [0.1, 0.15) is 11.2 Å². The third-order valence-electron chi connectivity index (χ3n) is 13.2. The summed E-state index contributed by atoms with van der Waals surface area (Å²) in [7, 11) is 0. The summed E-state index contributed by atoms with van der Waals surface area (Å²) >= 11 is 0. The van der Waals surface area contributed by atoms with Crippen molar-refractivity contribution in [3.63, 3.8) is 0 Å². The molecule has 0 saturated heterocycles. The van der Waals surface area contributed by atoms with Gasteiger partial charge in [0.15, 0.2) is 0 Å². The molecule has 3 heteroatoms. The van der Waals surface area contributed by atoms with E-state index in [0.717, 1.165) is 61.6 Å². The second-order valence-corrected chi connectivity index (χ2v) is 16.4. The normalized spacial score (nSPS) is 14.5. The van der Waals surface area contributed by atoms with E-state index in [1.165, 1.54) is 49.7 Å². The predicted octanol–water partition coefficient (Wildman–Crippen LogP) is 16.0. The molecule has 13 rings (SSSR count). The van der Waals surface area contributed by atoms with Crippen molar-refractivity contribution < 1.29 is 4.42 Å². The minimum Gasteiger partial charge on any atom is -0.455 e. The first-order valence-corrected chi connectivity index (χ1v) is 21.3. The van der Waals surface area contributed by atoms with E-state index in [-0.39, 0.29) is 0 Å². The SMILES string of the molecule is c1ccc(N(c2ccccc2)c2ccc3c(c2)C2(c4ccccc4-3)c3ccc4c(oc5ccc(N(c6ccccc6)c6ccccc6)cc54)c3-c3cccc4cccc2c34)cc1. The molecule has 1 unspecified atom stereocenters. The third-order valence-corrected chi connectivity index (χ3v) is 13.2. The van der Waals surface area contributed by atoms with Crippen LogP contribution in [0.2, 0.25) is 0 Å². The van der Waals surface area contributed by atoms with Gasteiger partial charge in [0, 0.05) is 50.5 Å². The first-order valence-electron chi connectivity index (χ1n) is 21.3. The highest BCUT2D eigenvalue weighted by molar-refractivity contribution is 6.17. The van der Waals surface area contributed by atoms with Gasteiger partial charge in [-0.25, -0.2) is 0 Å². The Morgan fingerprint density at radius 1 is 0.323 bits per heavy atom. The molecule has 10 aromatic carbocycles. The van der Waals surface area contributed by atoms with Crippen molar-refractivity contribution in [2.24, 2.45) is 0 Å². The topological polar surface area (TPSA) is 19.6 Å². The third kappa shape index (κ3) is 4.88. The van der Waals surface area contributed by atoms with Gasteiger partial charge in [-0.1, -0.05) is 152 Å². The van der Waals surface area contributed by atoms with Crippen molar-refractivity contribution in [1.29, 1.82) is 0 Å². The largest absolute Gasteiger partial charge is 0.455 e. The monoisotopic (exact) mass is 790 g/mol. The minimum absolute atomic E-state index is 0.625. The van der Waals surface area contributed by atoms with E-state index in [1.54, 1.807) is 0 Å². The molecule has 0 bridgehead atoms. The van der Waals surface area contributed by atoms with E-state index in [0.29, 0.717) is 0 Å². The zero-order chi connectivity index (χ0) is 40.8. The second kappa shape index (κ2) is 13.4. The van der Waals surface area contributed by atoms with E-state index in [2.05, 4.69) is 240 Å². The summed E-state index contributed by atoms with van der Waals surface area (Å²) in [6.07, 6.45) is 0. The lowest BCUT2D eigenvalue weighted by molar-refractivity contribution is 0.667. The van der Waals surface area contributed by atoms with Gasteiger partial charge in [-0.05, 0) is 129 Å². The number of para-hydroxylation sites is 4. The number of hydrogen-bond donors (Lipinski definition) is 0. The van der Waals surface area contributed by atoms with E-state index < -0.39 is 5.41 Å². The molecule has 2 aliphatic carbocycles. The highest BCUT2D eigenvalue weighted by Gasteiger charge is 2.51. The summed E-state index contributed by atoms with van der Waals surface area (Å²) in [5.41, 5.74) is 17.8. The molecule has 11 aromatic rings. The highest BCUT2D eigenvalue weighted by Crippen LogP contribution is 2.63. The molecule has 0 aliphatic heterocycles. The van der Waals surface area contributed by atoms with Gasteiger partial charge in [-0.15, -0.1) is 0 Å². The maximum atomic E-state index is 7.17. The Morgan fingerprint density at radius 2 is 0.839 bits per heavy atom. The smallest absolute Gasteiger partial charge is 0.143 e. The van der Waals surface area contributed by atoms with Gasteiger partial charge < -0.3 is 14.2 Å². The van der Waals surface area contributed by atoms with Crippen LogP contribution < -0.4 is 9.80 Å². The van der Waals surface area contributed by atoms with Crippen LogP contribution in [-0.2, 0) is 5.41 Å². The fourth-order valence-electron chi connectivity index (χ4n) is 10.7. The van der Waals surface area contributed by atoms with Gasteiger partial charge in [-0.3, -0.25) is 0 Å². The molecule has 290 valence electrons. The predicted molar refractivity (Wildman–Crippen MR) is 257 cm³/mol. The van der Waals surface area contributed by atoms with Gasteiger partial charge in [-0.2, -0.15) is 0 Å². The lowest BCUT2D eigenvalue weighted by Crippen LogP contribution is -2.32. The van der Waals surface area contributed by atoms with Crippen LogP contribution in [0.4, 0.5) is 34.1 Å². The molecule has 0 saturated carbocycles. The van der Waals surface area contributed by atoms with Crippen LogP contribution in [0.5, 0.6) is 0 Å². The number of nitrogens with zero attached hydrogens (tertiary/aromatic N) is 2. The van der Waals surface area contributed by atoms with Crippen molar-refractivity contribution >= 4 is 66.8 Å². The van der Waals surface area contributed by atoms with Crippen molar-refractivity contribution in [3.05, 3.63) is 253 Å². The molecule has 0 radical (unpaired) electrons. The van der Waals surface area contributed by atoms with Crippen molar-refractivity contribution in [2.45, 2.75) is 5.41 Å². The van der Waals surface area contributed by atoms with Crippen LogP contribution in [0.15, 0.2) is 235 Å². The average Bonchev–Trinajstić information content (AvgIpc) is 3.85. The Bertz CT molecular complexity index is 3440. The number of furan rings is 1. The van der Waals surface area contributed by atoms with Crippen LogP contribution in [0, 0.1) is 0 Å². The highest BCUT2D eigenvalue weighted by atomic mass is 16.3. The molecule has 62 heavy (non-hydrogen) atoms. The molecule has 1 heterocycles. The standard InChI is InChI=1S/C59H38N2O/c1-5-19-40(20-6-1)60(41-21-7-2-8-22-41)44-32-36-55-50(37-44)48-34-35-53-57(58(48)62-55)49-28-15-17-39-18-16-30-52(56(39)49)59(53)51-29-14-13-27-46(51)47-33-31-45(38-54(47)59)61(42-23-9-3-10-24-42)43-25-11-4-12-26-43/h1-38H. The zero-order valence-electron chi connectivity index (χ0n) is 33.7. The van der Waals surface area contributed by atoms with Gasteiger partial charge in [0.05, 0.1) is 5.41 Å².